The van der Waals surface area contributed by atoms with Crippen LogP contribution in [0.25, 0.3) is 0 Å². The fourth-order valence-electron chi connectivity index (χ4n) is 2.62. The van der Waals surface area contributed by atoms with Gasteiger partial charge in [0, 0.05) is 37.9 Å². The molecule has 1 aromatic rings. The zero-order valence-corrected chi connectivity index (χ0v) is 12.8. The SMILES string of the molecule is COc1cc(N2CCN(S(=O)(=O)C3CC3)CC2)ccc1F. The van der Waals surface area contributed by atoms with E-state index in [0.717, 1.165) is 18.5 Å². The first-order chi connectivity index (χ1) is 10.0. The van der Waals surface area contributed by atoms with E-state index in [-0.39, 0.29) is 11.0 Å². The summed E-state index contributed by atoms with van der Waals surface area (Å²) >= 11 is 0. The van der Waals surface area contributed by atoms with Crippen molar-refractivity contribution >= 4 is 15.7 Å². The Bertz CT molecular complexity index is 623. The Kier molecular flexibility index (Phi) is 3.79. The standard InChI is InChI=1S/C14H19FN2O3S/c1-20-14-10-11(2-5-13(14)15)16-6-8-17(9-7-16)21(18,19)12-3-4-12/h2,5,10,12H,3-4,6-9H2,1H3. The third-order valence-corrected chi connectivity index (χ3v) is 6.44. The van der Waals surface area contributed by atoms with E-state index in [2.05, 4.69) is 4.90 Å². The number of ether oxygens (including phenoxy) is 1. The van der Waals surface area contributed by atoms with Crippen molar-refractivity contribution in [3.05, 3.63) is 24.0 Å². The van der Waals surface area contributed by atoms with Gasteiger partial charge in [-0.1, -0.05) is 0 Å². The first kappa shape index (κ1) is 14.6. The highest BCUT2D eigenvalue weighted by Gasteiger charge is 2.40. The minimum absolute atomic E-state index is 0.157. The maximum absolute atomic E-state index is 13.4. The van der Waals surface area contributed by atoms with Crippen LogP contribution in [0.2, 0.25) is 0 Å². The summed E-state index contributed by atoms with van der Waals surface area (Å²) in [6, 6.07) is 4.73. The lowest BCUT2D eigenvalue weighted by Gasteiger charge is -2.35. The molecule has 3 rings (SSSR count). The van der Waals surface area contributed by atoms with Crippen LogP contribution in [0.5, 0.6) is 5.75 Å². The topological polar surface area (TPSA) is 49.9 Å². The highest BCUT2D eigenvalue weighted by Crippen LogP contribution is 2.32. The van der Waals surface area contributed by atoms with Crippen LogP contribution in [-0.4, -0.2) is 51.3 Å². The molecule has 0 N–H and O–H groups in total. The van der Waals surface area contributed by atoms with Crippen molar-refractivity contribution in [3.63, 3.8) is 0 Å². The van der Waals surface area contributed by atoms with Gasteiger partial charge in [-0.3, -0.25) is 0 Å². The predicted molar refractivity (Wildman–Crippen MR) is 78.7 cm³/mol. The quantitative estimate of drug-likeness (QED) is 0.844. The molecule has 116 valence electrons. The molecule has 5 nitrogen and oxygen atoms in total. The van der Waals surface area contributed by atoms with Crippen LogP contribution in [0.4, 0.5) is 10.1 Å². The van der Waals surface area contributed by atoms with Gasteiger partial charge in [-0.15, -0.1) is 0 Å². The molecule has 7 heteroatoms. The summed E-state index contributed by atoms with van der Waals surface area (Å²) in [5, 5.41) is -0.157. The molecular weight excluding hydrogens is 295 g/mol. The molecule has 0 atom stereocenters. The van der Waals surface area contributed by atoms with E-state index in [9.17, 15) is 12.8 Å². The maximum atomic E-state index is 13.4. The number of benzene rings is 1. The second kappa shape index (κ2) is 5.46. The lowest BCUT2D eigenvalue weighted by molar-refractivity contribution is 0.379. The second-order valence-electron chi connectivity index (χ2n) is 5.45. The Hall–Kier alpha value is -1.34. The zero-order valence-electron chi connectivity index (χ0n) is 12.0. The van der Waals surface area contributed by atoms with Crippen LogP contribution < -0.4 is 9.64 Å². The lowest BCUT2D eigenvalue weighted by Crippen LogP contribution is -2.49. The molecule has 1 heterocycles. The zero-order chi connectivity index (χ0) is 15.0. The van der Waals surface area contributed by atoms with E-state index < -0.39 is 15.8 Å². The summed E-state index contributed by atoms with van der Waals surface area (Å²) in [6.45, 7) is 2.19. The van der Waals surface area contributed by atoms with Crippen molar-refractivity contribution in [3.8, 4) is 5.75 Å². The van der Waals surface area contributed by atoms with Crippen LogP contribution in [0, 0.1) is 5.82 Å². The smallest absolute Gasteiger partial charge is 0.217 e. The number of sulfonamides is 1. The maximum Gasteiger partial charge on any atom is 0.217 e. The first-order valence-electron chi connectivity index (χ1n) is 7.10. The Morgan fingerprint density at radius 2 is 1.86 bits per heavy atom. The fourth-order valence-corrected chi connectivity index (χ4v) is 4.45. The average molecular weight is 314 g/mol. The van der Waals surface area contributed by atoms with Gasteiger partial charge in [0.05, 0.1) is 12.4 Å². The minimum atomic E-state index is -3.09. The molecule has 21 heavy (non-hydrogen) atoms. The molecule has 1 aliphatic carbocycles. The summed E-state index contributed by atoms with van der Waals surface area (Å²) in [5.74, 6) is -0.184. The molecule has 2 fully saturated rings. The molecule has 0 unspecified atom stereocenters. The summed E-state index contributed by atoms with van der Waals surface area (Å²) < 4.78 is 44.3. The van der Waals surface area contributed by atoms with Gasteiger partial charge in [-0.25, -0.2) is 12.8 Å². The Morgan fingerprint density at radius 3 is 2.43 bits per heavy atom. The molecular formula is C14H19FN2O3S. The van der Waals surface area contributed by atoms with Gasteiger partial charge in [-0.05, 0) is 25.0 Å². The monoisotopic (exact) mass is 314 g/mol. The van der Waals surface area contributed by atoms with E-state index >= 15 is 0 Å². The number of hydrogen-bond acceptors (Lipinski definition) is 4. The van der Waals surface area contributed by atoms with Crippen LogP contribution in [0.3, 0.4) is 0 Å². The van der Waals surface area contributed by atoms with Crippen molar-refractivity contribution in [2.24, 2.45) is 0 Å². The molecule has 1 aliphatic heterocycles. The number of rotatable bonds is 4. The van der Waals surface area contributed by atoms with Crippen molar-refractivity contribution in [2.75, 3.05) is 38.2 Å². The van der Waals surface area contributed by atoms with E-state index in [1.807, 2.05) is 0 Å². The van der Waals surface area contributed by atoms with Gasteiger partial charge < -0.3 is 9.64 Å². The summed E-state index contributed by atoms with van der Waals surface area (Å²) in [5.41, 5.74) is 0.858. The highest BCUT2D eigenvalue weighted by molar-refractivity contribution is 7.90. The third kappa shape index (κ3) is 2.85. The molecule has 1 saturated heterocycles. The van der Waals surface area contributed by atoms with Gasteiger partial charge >= 0.3 is 0 Å². The largest absolute Gasteiger partial charge is 0.494 e. The number of methoxy groups -OCH3 is 1. The minimum Gasteiger partial charge on any atom is -0.494 e. The fraction of sp³-hybridized carbons (Fsp3) is 0.571. The average Bonchev–Trinajstić information content (AvgIpc) is 3.33. The summed E-state index contributed by atoms with van der Waals surface area (Å²) in [7, 11) is -1.66. The van der Waals surface area contributed by atoms with E-state index in [0.29, 0.717) is 26.2 Å². The molecule has 1 saturated carbocycles. The second-order valence-corrected chi connectivity index (χ2v) is 7.66. The predicted octanol–water partition coefficient (Wildman–Crippen LogP) is 1.45. The third-order valence-electron chi connectivity index (χ3n) is 4.04. The van der Waals surface area contributed by atoms with E-state index in [1.54, 1.807) is 16.4 Å². The van der Waals surface area contributed by atoms with E-state index in [4.69, 9.17) is 4.74 Å². The van der Waals surface area contributed by atoms with Crippen LogP contribution >= 0.6 is 0 Å². The number of nitrogens with zero attached hydrogens (tertiary/aromatic N) is 2. The molecule has 1 aromatic carbocycles. The van der Waals surface area contributed by atoms with E-state index in [1.165, 1.54) is 13.2 Å². The summed E-state index contributed by atoms with van der Waals surface area (Å²) in [6.07, 6.45) is 1.58. The van der Waals surface area contributed by atoms with Gasteiger partial charge in [-0.2, -0.15) is 4.31 Å². The van der Waals surface area contributed by atoms with Gasteiger partial charge in [0.2, 0.25) is 10.0 Å². The first-order valence-corrected chi connectivity index (χ1v) is 8.60. The van der Waals surface area contributed by atoms with Crippen molar-refractivity contribution in [1.29, 1.82) is 0 Å². The molecule has 0 aromatic heterocycles. The summed E-state index contributed by atoms with van der Waals surface area (Å²) in [4.78, 5) is 2.06. The van der Waals surface area contributed by atoms with Crippen LogP contribution in [0.1, 0.15) is 12.8 Å². The van der Waals surface area contributed by atoms with Crippen LogP contribution in [-0.2, 0) is 10.0 Å². The van der Waals surface area contributed by atoms with Crippen molar-refractivity contribution in [2.45, 2.75) is 18.1 Å². The van der Waals surface area contributed by atoms with Gasteiger partial charge in [0.1, 0.15) is 0 Å². The molecule has 0 amide bonds. The van der Waals surface area contributed by atoms with Crippen molar-refractivity contribution < 1.29 is 17.5 Å². The molecule has 0 bridgehead atoms. The number of piperazine rings is 1. The number of hydrogen-bond donors (Lipinski definition) is 0. The lowest BCUT2D eigenvalue weighted by atomic mass is 10.2. The van der Waals surface area contributed by atoms with Crippen molar-refractivity contribution in [1.82, 2.24) is 4.31 Å². The molecule has 0 spiro atoms. The van der Waals surface area contributed by atoms with Gasteiger partial charge in [0.15, 0.2) is 11.6 Å². The Labute approximate surface area is 124 Å². The van der Waals surface area contributed by atoms with Gasteiger partial charge in [0.25, 0.3) is 0 Å². The Balaban J connectivity index is 1.68. The Morgan fingerprint density at radius 1 is 1.19 bits per heavy atom. The molecule has 0 radical (unpaired) electrons. The van der Waals surface area contributed by atoms with Crippen LogP contribution in [0.15, 0.2) is 18.2 Å². The number of anilines is 1. The molecule has 2 aliphatic rings. The normalized spacial score (nSPS) is 20.6. The number of halogens is 1. The highest BCUT2D eigenvalue weighted by atomic mass is 32.2.